The summed E-state index contributed by atoms with van der Waals surface area (Å²) in [4.78, 5) is 4.49. The van der Waals surface area contributed by atoms with Crippen LogP contribution in [0.15, 0.2) is 28.8 Å². The molecule has 0 aliphatic carbocycles. The molecule has 0 bridgehead atoms. The van der Waals surface area contributed by atoms with Crippen LogP contribution in [0, 0.1) is 5.41 Å². The normalized spacial score (nSPS) is 13.2. The highest BCUT2D eigenvalue weighted by Gasteiger charge is 2.25. The van der Waals surface area contributed by atoms with E-state index in [2.05, 4.69) is 36.2 Å². The Hall–Kier alpha value is -1.88. The zero-order valence-electron chi connectivity index (χ0n) is 13.3. The van der Waals surface area contributed by atoms with Gasteiger partial charge in [-0.15, -0.1) is 0 Å². The van der Waals surface area contributed by atoms with Crippen LogP contribution in [0.5, 0.6) is 5.75 Å². The first kappa shape index (κ1) is 15.5. The number of nitrogens with zero attached hydrogens (tertiary/aromatic N) is 2. The SMILES string of the molecule is CNC(Cc1nc(-c2ccccc2OC)no1)C(C)(C)C. The summed E-state index contributed by atoms with van der Waals surface area (Å²) >= 11 is 0. The van der Waals surface area contributed by atoms with Gasteiger partial charge in [0, 0.05) is 12.5 Å². The van der Waals surface area contributed by atoms with Crippen molar-refractivity contribution < 1.29 is 9.26 Å². The van der Waals surface area contributed by atoms with Crippen LogP contribution in [-0.2, 0) is 6.42 Å². The van der Waals surface area contributed by atoms with Crippen molar-refractivity contribution in [1.82, 2.24) is 15.5 Å². The quantitative estimate of drug-likeness (QED) is 0.917. The van der Waals surface area contributed by atoms with Crippen LogP contribution in [0.4, 0.5) is 0 Å². The topological polar surface area (TPSA) is 60.2 Å². The zero-order chi connectivity index (χ0) is 15.5. The Morgan fingerprint density at radius 3 is 2.62 bits per heavy atom. The molecule has 114 valence electrons. The molecule has 0 amide bonds. The van der Waals surface area contributed by atoms with Gasteiger partial charge in [-0.1, -0.05) is 38.1 Å². The van der Waals surface area contributed by atoms with Crippen LogP contribution in [0.3, 0.4) is 0 Å². The summed E-state index contributed by atoms with van der Waals surface area (Å²) in [6.07, 6.45) is 0.697. The van der Waals surface area contributed by atoms with Gasteiger partial charge in [-0.05, 0) is 24.6 Å². The maximum Gasteiger partial charge on any atom is 0.228 e. The Bertz CT molecular complexity index is 587. The first-order valence-corrected chi connectivity index (χ1v) is 7.09. The molecule has 2 aromatic rings. The predicted molar refractivity (Wildman–Crippen MR) is 82.3 cm³/mol. The number of nitrogens with one attached hydrogen (secondary N) is 1. The minimum Gasteiger partial charge on any atom is -0.496 e. The van der Waals surface area contributed by atoms with E-state index in [4.69, 9.17) is 9.26 Å². The number of aromatic nitrogens is 2. The molecule has 2 rings (SSSR count). The van der Waals surface area contributed by atoms with E-state index in [1.807, 2.05) is 31.3 Å². The van der Waals surface area contributed by atoms with E-state index in [0.29, 0.717) is 18.1 Å². The molecule has 1 aromatic carbocycles. The maximum absolute atomic E-state index is 5.39. The van der Waals surface area contributed by atoms with Crippen molar-refractivity contribution in [2.24, 2.45) is 5.41 Å². The van der Waals surface area contributed by atoms with Gasteiger partial charge < -0.3 is 14.6 Å². The van der Waals surface area contributed by atoms with Crippen LogP contribution in [0.25, 0.3) is 11.4 Å². The largest absolute Gasteiger partial charge is 0.496 e. The molecule has 1 aromatic heterocycles. The molecule has 0 aliphatic rings. The summed E-state index contributed by atoms with van der Waals surface area (Å²) < 4.78 is 10.7. The molecule has 0 aliphatic heterocycles. The smallest absolute Gasteiger partial charge is 0.228 e. The molecular weight excluding hydrogens is 266 g/mol. The fourth-order valence-corrected chi connectivity index (χ4v) is 2.29. The summed E-state index contributed by atoms with van der Waals surface area (Å²) in [5, 5.41) is 7.38. The lowest BCUT2D eigenvalue weighted by Crippen LogP contribution is -2.39. The highest BCUT2D eigenvalue weighted by molar-refractivity contribution is 5.63. The van der Waals surface area contributed by atoms with E-state index in [0.717, 1.165) is 11.3 Å². The fraction of sp³-hybridized carbons (Fsp3) is 0.500. The number of ether oxygens (including phenoxy) is 1. The Morgan fingerprint density at radius 2 is 2.00 bits per heavy atom. The van der Waals surface area contributed by atoms with Gasteiger partial charge >= 0.3 is 0 Å². The molecule has 5 nitrogen and oxygen atoms in total. The lowest BCUT2D eigenvalue weighted by Gasteiger charge is -2.29. The number of para-hydroxylation sites is 1. The lowest BCUT2D eigenvalue weighted by atomic mass is 9.85. The third-order valence-corrected chi connectivity index (χ3v) is 3.59. The Balaban J connectivity index is 2.22. The van der Waals surface area contributed by atoms with E-state index >= 15 is 0 Å². The Morgan fingerprint density at radius 1 is 1.29 bits per heavy atom. The van der Waals surface area contributed by atoms with Crippen molar-refractivity contribution in [3.63, 3.8) is 0 Å². The Labute approximate surface area is 125 Å². The van der Waals surface area contributed by atoms with Gasteiger partial charge in [-0.3, -0.25) is 0 Å². The van der Waals surface area contributed by atoms with Crippen LogP contribution in [0.1, 0.15) is 26.7 Å². The van der Waals surface area contributed by atoms with Gasteiger partial charge in [0.15, 0.2) is 0 Å². The van der Waals surface area contributed by atoms with E-state index in [9.17, 15) is 0 Å². The van der Waals surface area contributed by atoms with Crippen molar-refractivity contribution in [2.75, 3.05) is 14.2 Å². The van der Waals surface area contributed by atoms with E-state index < -0.39 is 0 Å². The molecule has 0 saturated carbocycles. The molecule has 21 heavy (non-hydrogen) atoms. The molecule has 1 unspecified atom stereocenters. The summed E-state index contributed by atoms with van der Waals surface area (Å²) in [6.45, 7) is 6.56. The van der Waals surface area contributed by atoms with Gasteiger partial charge in [-0.25, -0.2) is 0 Å². The maximum atomic E-state index is 5.39. The number of methoxy groups -OCH3 is 1. The summed E-state index contributed by atoms with van der Waals surface area (Å²) in [7, 11) is 3.59. The van der Waals surface area contributed by atoms with Gasteiger partial charge in [-0.2, -0.15) is 4.98 Å². The van der Waals surface area contributed by atoms with Crippen LogP contribution >= 0.6 is 0 Å². The van der Waals surface area contributed by atoms with Crippen molar-refractivity contribution in [3.05, 3.63) is 30.2 Å². The highest BCUT2D eigenvalue weighted by Crippen LogP contribution is 2.28. The predicted octanol–water partition coefficient (Wildman–Crippen LogP) is 2.92. The first-order valence-electron chi connectivity index (χ1n) is 7.09. The second-order valence-corrected chi connectivity index (χ2v) is 6.12. The molecular formula is C16H23N3O2. The molecule has 5 heteroatoms. The summed E-state index contributed by atoms with van der Waals surface area (Å²) in [5.41, 5.74) is 0.958. The molecule has 0 radical (unpaired) electrons. The molecule has 0 saturated heterocycles. The average Bonchev–Trinajstić information content (AvgIpc) is 2.92. The van der Waals surface area contributed by atoms with Crippen molar-refractivity contribution >= 4 is 0 Å². The van der Waals surface area contributed by atoms with Gasteiger partial charge in [0.2, 0.25) is 11.7 Å². The van der Waals surface area contributed by atoms with Crippen molar-refractivity contribution in [3.8, 4) is 17.1 Å². The monoisotopic (exact) mass is 289 g/mol. The van der Waals surface area contributed by atoms with Crippen LogP contribution < -0.4 is 10.1 Å². The molecule has 1 atom stereocenters. The van der Waals surface area contributed by atoms with E-state index in [1.54, 1.807) is 7.11 Å². The standard InChI is InChI=1S/C16H23N3O2/c1-16(2,3)13(17-4)10-14-18-15(19-21-14)11-8-6-7-9-12(11)20-5/h6-9,13,17H,10H2,1-5H3. The average molecular weight is 289 g/mol. The number of rotatable bonds is 5. The van der Waals surface area contributed by atoms with Gasteiger partial charge in [0.05, 0.1) is 12.7 Å². The van der Waals surface area contributed by atoms with Crippen LogP contribution in [-0.4, -0.2) is 30.3 Å². The fourth-order valence-electron chi connectivity index (χ4n) is 2.29. The number of benzene rings is 1. The van der Waals surface area contributed by atoms with E-state index in [-0.39, 0.29) is 11.5 Å². The number of likely N-dealkylation sites (N-methyl/N-ethyl adjacent to an activating group) is 1. The second-order valence-electron chi connectivity index (χ2n) is 6.12. The van der Waals surface area contributed by atoms with Crippen molar-refractivity contribution in [2.45, 2.75) is 33.2 Å². The lowest BCUT2D eigenvalue weighted by molar-refractivity contribution is 0.255. The summed E-state index contributed by atoms with van der Waals surface area (Å²) in [6, 6.07) is 7.92. The minimum atomic E-state index is 0.119. The van der Waals surface area contributed by atoms with Gasteiger partial charge in [0.25, 0.3) is 0 Å². The zero-order valence-corrected chi connectivity index (χ0v) is 13.3. The first-order chi connectivity index (χ1) is 9.95. The van der Waals surface area contributed by atoms with Crippen molar-refractivity contribution in [1.29, 1.82) is 0 Å². The number of hydrogen-bond acceptors (Lipinski definition) is 5. The van der Waals surface area contributed by atoms with Gasteiger partial charge in [0.1, 0.15) is 5.75 Å². The number of hydrogen-bond donors (Lipinski definition) is 1. The van der Waals surface area contributed by atoms with E-state index in [1.165, 1.54) is 0 Å². The Kier molecular flexibility index (Phi) is 4.63. The second kappa shape index (κ2) is 6.26. The third kappa shape index (κ3) is 3.61. The summed E-state index contributed by atoms with van der Waals surface area (Å²) in [5.74, 6) is 1.93. The molecule has 0 spiro atoms. The molecule has 0 fully saturated rings. The molecule has 1 heterocycles. The third-order valence-electron chi connectivity index (χ3n) is 3.59. The molecule has 1 N–H and O–H groups in total. The minimum absolute atomic E-state index is 0.119. The van der Waals surface area contributed by atoms with Crippen LogP contribution in [0.2, 0.25) is 0 Å². The highest BCUT2D eigenvalue weighted by atomic mass is 16.5.